The van der Waals surface area contributed by atoms with Crippen molar-refractivity contribution in [2.24, 2.45) is 5.92 Å². The van der Waals surface area contributed by atoms with Crippen LogP contribution >= 0.6 is 0 Å². The lowest BCUT2D eigenvalue weighted by Crippen LogP contribution is -2.52. The Morgan fingerprint density at radius 2 is 1.76 bits per heavy atom. The summed E-state index contributed by atoms with van der Waals surface area (Å²) in [5.41, 5.74) is 0.0387. The van der Waals surface area contributed by atoms with Crippen molar-refractivity contribution < 1.29 is 18.0 Å². The van der Waals surface area contributed by atoms with E-state index in [1.54, 1.807) is 13.0 Å². The first-order chi connectivity index (χ1) is 13.8. The molecule has 2 aliphatic heterocycles. The maximum absolute atomic E-state index is 12.7. The van der Waals surface area contributed by atoms with Crippen LogP contribution in [0.15, 0.2) is 35.7 Å². The highest BCUT2D eigenvalue weighted by Crippen LogP contribution is 2.42. The van der Waals surface area contributed by atoms with E-state index in [1.165, 1.54) is 14.6 Å². The van der Waals surface area contributed by atoms with Gasteiger partial charge < -0.3 is 5.32 Å². The summed E-state index contributed by atoms with van der Waals surface area (Å²) in [6, 6.07) is 8.92. The van der Waals surface area contributed by atoms with Gasteiger partial charge in [0.2, 0.25) is 10.0 Å². The molecule has 8 nitrogen and oxygen atoms in total. The normalized spacial score (nSPS) is 27.0. The maximum atomic E-state index is 12.7. The molecule has 0 radical (unpaired) electrons. The number of benzene rings is 1. The van der Waals surface area contributed by atoms with E-state index >= 15 is 0 Å². The van der Waals surface area contributed by atoms with E-state index in [0.29, 0.717) is 26.2 Å². The highest BCUT2D eigenvalue weighted by atomic mass is 32.2. The van der Waals surface area contributed by atoms with Crippen molar-refractivity contribution in [3.63, 3.8) is 0 Å². The molecule has 0 spiro atoms. The second-order valence-corrected chi connectivity index (χ2v) is 9.88. The molecule has 1 aromatic rings. The summed E-state index contributed by atoms with van der Waals surface area (Å²) >= 11 is 0. The monoisotopic (exact) mass is 418 g/mol. The first kappa shape index (κ1) is 20.1. The van der Waals surface area contributed by atoms with Gasteiger partial charge in [-0.2, -0.15) is 4.31 Å². The van der Waals surface area contributed by atoms with Crippen molar-refractivity contribution >= 4 is 28.0 Å². The van der Waals surface area contributed by atoms with Gasteiger partial charge in [0.25, 0.3) is 5.91 Å². The zero-order valence-corrected chi connectivity index (χ0v) is 17.3. The highest BCUT2D eigenvalue weighted by Gasteiger charge is 2.56. The quantitative estimate of drug-likeness (QED) is 0.703. The van der Waals surface area contributed by atoms with E-state index in [2.05, 4.69) is 5.32 Å². The molecule has 1 aromatic carbocycles. The Morgan fingerprint density at radius 1 is 1.10 bits per heavy atom. The minimum atomic E-state index is -3.51. The van der Waals surface area contributed by atoms with Crippen LogP contribution in [0.1, 0.15) is 25.3 Å². The number of nitrogens with zero attached hydrogens (tertiary/aromatic N) is 3. The number of nitrogens with one attached hydrogen (secondary N) is 1. The number of sulfonamides is 1. The van der Waals surface area contributed by atoms with Gasteiger partial charge in [-0.05, 0) is 37.3 Å². The molecule has 0 unspecified atom stereocenters. The van der Waals surface area contributed by atoms with Gasteiger partial charge in [-0.1, -0.05) is 30.3 Å². The number of carbonyl (C=O) groups excluding carboxylic acids is 2. The number of carbonyl (C=O) groups is 2. The molecular weight excluding hydrogens is 392 g/mol. The average molecular weight is 419 g/mol. The van der Waals surface area contributed by atoms with Gasteiger partial charge in [0.15, 0.2) is 0 Å². The lowest BCUT2D eigenvalue weighted by Gasteiger charge is -2.34. The third-order valence-corrected chi connectivity index (χ3v) is 7.52. The fourth-order valence-electron chi connectivity index (χ4n) is 3.92. The molecular formula is C20H26N4O4S. The molecule has 1 aliphatic carbocycles. The first-order valence-electron chi connectivity index (χ1n) is 9.89. The SMILES string of the molecule is C[C@@]1(C2CC2)NC(=O)N(CN2CCN(S(=O)(=O)/C=C/c3ccccc3)CC2)C1=O. The summed E-state index contributed by atoms with van der Waals surface area (Å²) in [5, 5.41) is 4.07. The van der Waals surface area contributed by atoms with Gasteiger partial charge in [0.05, 0.1) is 6.67 Å². The predicted octanol–water partition coefficient (Wildman–Crippen LogP) is 1.28. The summed E-state index contributed by atoms with van der Waals surface area (Å²) in [7, 11) is -3.51. The Bertz CT molecular complexity index is 921. The summed E-state index contributed by atoms with van der Waals surface area (Å²) in [6.45, 7) is 3.58. The Morgan fingerprint density at radius 3 is 2.38 bits per heavy atom. The summed E-state index contributed by atoms with van der Waals surface area (Å²) in [5.74, 6) is 0.0492. The van der Waals surface area contributed by atoms with Crippen molar-refractivity contribution in [2.75, 3.05) is 32.8 Å². The Balaban J connectivity index is 1.33. The van der Waals surface area contributed by atoms with Crippen LogP contribution in [0.3, 0.4) is 0 Å². The van der Waals surface area contributed by atoms with Crippen LogP contribution in [0.2, 0.25) is 0 Å². The minimum Gasteiger partial charge on any atom is -0.323 e. The zero-order valence-electron chi connectivity index (χ0n) is 16.5. The van der Waals surface area contributed by atoms with Gasteiger partial charge >= 0.3 is 6.03 Å². The van der Waals surface area contributed by atoms with Crippen molar-refractivity contribution in [3.05, 3.63) is 41.3 Å². The van der Waals surface area contributed by atoms with E-state index in [4.69, 9.17) is 0 Å². The van der Waals surface area contributed by atoms with E-state index in [0.717, 1.165) is 18.4 Å². The maximum Gasteiger partial charge on any atom is 0.326 e. The summed E-state index contributed by atoms with van der Waals surface area (Å²) < 4.78 is 26.6. The summed E-state index contributed by atoms with van der Waals surface area (Å²) in [4.78, 5) is 28.2. The van der Waals surface area contributed by atoms with Gasteiger partial charge in [-0.15, -0.1) is 0 Å². The van der Waals surface area contributed by atoms with Gasteiger partial charge in [-0.25, -0.2) is 18.1 Å². The van der Waals surface area contributed by atoms with Crippen LogP contribution in [-0.2, 0) is 14.8 Å². The molecule has 2 saturated heterocycles. The molecule has 29 heavy (non-hydrogen) atoms. The van der Waals surface area contributed by atoms with E-state index < -0.39 is 15.6 Å². The van der Waals surface area contributed by atoms with Crippen LogP contribution in [0.25, 0.3) is 6.08 Å². The smallest absolute Gasteiger partial charge is 0.323 e. The van der Waals surface area contributed by atoms with Crippen LogP contribution in [-0.4, -0.2) is 72.8 Å². The molecule has 0 bridgehead atoms. The van der Waals surface area contributed by atoms with Crippen molar-refractivity contribution in [3.8, 4) is 0 Å². The van der Waals surface area contributed by atoms with Crippen molar-refractivity contribution in [2.45, 2.75) is 25.3 Å². The molecule has 4 rings (SSSR count). The Kier molecular flexibility index (Phi) is 5.22. The van der Waals surface area contributed by atoms with Crippen molar-refractivity contribution in [1.29, 1.82) is 0 Å². The van der Waals surface area contributed by atoms with Crippen LogP contribution < -0.4 is 5.32 Å². The number of rotatable bonds is 6. The number of urea groups is 1. The van der Waals surface area contributed by atoms with E-state index in [9.17, 15) is 18.0 Å². The fourth-order valence-corrected chi connectivity index (χ4v) is 5.10. The van der Waals surface area contributed by atoms with Gasteiger partial charge in [0, 0.05) is 31.6 Å². The number of hydrogen-bond acceptors (Lipinski definition) is 5. The largest absolute Gasteiger partial charge is 0.326 e. The molecule has 0 aromatic heterocycles. The van der Waals surface area contributed by atoms with Gasteiger partial charge in [0.1, 0.15) is 5.54 Å². The summed E-state index contributed by atoms with van der Waals surface area (Å²) in [6.07, 6.45) is 3.51. The predicted molar refractivity (Wildman–Crippen MR) is 109 cm³/mol. The zero-order chi connectivity index (χ0) is 20.6. The van der Waals surface area contributed by atoms with Crippen LogP contribution in [0.5, 0.6) is 0 Å². The molecule has 3 amide bonds. The number of imide groups is 1. The highest BCUT2D eigenvalue weighted by molar-refractivity contribution is 7.92. The van der Waals surface area contributed by atoms with Crippen LogP contribution in [0, 0.1) is 5.92 Å². The van der Waals surface area contributed by atoms with Gasteiger partial charge in [-0.3, -0.25) is 9.69 Å². The molecule has 2 heterocycles. The second-order valence-electron chi connectivity index (χ2n) is 8.06. The first-order valence-corrected chi connectivity index (χ1v) is 11.4. The van der Waals surface area contributed by atoms with Crippen molar-refractivity contribution in [1.82, 2.24) is 19.4 Å². The lowest BCUT2D eigenvalue weighted by molar-refractivity contribution is -0.133. The average Bonchev–Trinajstić information content (AvgIpc) is 3.54. The minimum absolute atomic E-state index is 0.175. The number of amides is 3. The second kappa shape index (κ2) is 7.55. The third kappa shape index (κ3) is 4.08. The number of hydrogen-bond donors (Lipinski definition) is 1. The molecule has 1 atom stereocenters. The van der Waals surface area contributed by atoms with E-state index in [-0.39, 0.29) is 24.5 Å². The Labute approximate surface area is 171 Å². The lowest BCUT2D eigenvalue weighted by atomic mass is 9.96. The molecule has 3 aliphatic rings. The molecule has 1 N–H and O–H groups in total. The number of piperazine rings is 1. The standard InChI is InChI=1S/C20H26N4O4S/c1-20(17-7-8-17)18(25)24(19(26)21-20)15-22-10-12-23(13-11-22)29(27,28)14-9-16-5-3-2-4-6-16/h2-6,9,14,17H,7-8,10-13,15H2,1H3,(H,21,26)/b14-9+/t20-/m0/s1. The van der Waals surface area contributed by atoms with Crippen LogP contribution in [0.4, 0.5) is 4.79 Å². The Hall–Kier alpha value is -2.23. The molecule has 9 heteroatoms. The molecule has 3 fully saturated rings. The topological polar surface area (TPSA) is 90.0 Å². The molecule has 156 valence electrons. The third-order valence-electron chi connectivity index (χ3n) is 5.96. The fraction of sp³-hybridized carbons (Fsp3) is 0.500. The molecule has 1 saturated carbocycles. The van der Waals surface area contributed by atoms with E-state index in [1.807, 2.05) is 35.2 Å².